The molecule has 0 aliphatic heterocycles. The average Bonchev–Trinajstić information content (AvgIpc) is 3.06. The van der Waals surface area contributed by atoms with Crippen LogP contribution in [0.4, 0.5) is 0 Å². The summed E-state index contributed by atoms with van der Waals surface area (Å²) in [5.41, 5.74) is 3.80. The minimum atomic E-state index is -0.562. The summed E-state index contributed by atoms with van der Waals surface area (Å²) in [4.78, 5) is 4.61. The lowest BCUT2D eigenvalue weighted by Crippen LogP contribution is -2.02. The number of nitrogens with zero attached hydrogens (tertiary/aromatic N) is 3. The zero-order chi connectivity index (χ0) is 14.8. The third-order valence-corrected chi connectivity index (χ3v) is 4.27. The number of thiazole rings is 1. The molecule has 4 nitrogen and oxygen atoms in total. The lowest BCUT2D eigenvalue weighted by molar-refractivity contribution is 0.177. The highest BCUT2D eigenvalue weighted by molar-refractivity contribution is 7.09. The topological polar surface area (TPSA) is 50.9 Å². The number of aryl methyl sites for hydroxylation is 2. The van der Waals surface area contributed by atoms with E-state index < -0.39 is 6.10 Å². The van der Waals surface area contributed by atoms with Crippen LogP contribution in [0.25, 0.3) is 11.3 Å². The van der Waals surface area contributed by atoms with Gasteiger partial charge in [0.15, 0.2) is 0 Å². The number of hydrogen-bond acceptors (Lipinski definition) is 4. The molecule has 1 N–H and O–H groups in total. The van der Waals surface area contributed by atoms with E-state index in [4.69, 9.17) is 0 Å². The van der Waals surface area contributed by atoms with Gasteiger partial charge in [0.25, 0.3) is 0 Å². The number of aliphatic hydroxyl groups excluding tert-OH is 1. The summed E-state index contributed by atoms with van der Waals surface area (Å²) in [6.45, 7) is 1.91. The van der Waals surface area contributed by atoms with Crippen molar-refractivity contribution in [1.29, 1.82) is 0 Å². The van der Waals surface area contributed by atoms with Crippen LogP contribution < -0.4 is 0 Å². The first-order valence-corrected chi connectivity index (χ1v) is 7.69. The molecule has 0 saturated heterocycles. The minimum absolute atomic E-state index is 0.518. The molecular weight excluding hydrogens is 282 g/mol. The molecule has 21 heavy (non-hydrogen) atoms. The molecule has 1 aromatic carbocycles. The summed E-state index contributed by atoms with van der Waals surface area (Å²) in [5, 5.41) is 17.6. The van der Waals surface area contributed by atoms with E-state index in [1.807, 2.05) is 55.9 Å². The van der Waals surface area contributed by atoms with Gasteiger partial charge in [0.05, 0.1) is 22.5 Å². The summed E-state index contributed by atoms with van der Waals surface area (Å²) >= 11 is 1.58. The van der Waals surface area contributed by atoms with E-state index in [1.165, 1.54) is 0 Å². The van der Waals surface area contributed by atoms with E-state index >= 15 is 0 Å². The monoisotopic (exact) mass is 299 g/mol. The summed E-state index contributed by atoms with van der Waals surface area (Å²) < 4.78 is 1.73. The second-order valence-corrected chi connectivity index (χ2v) is 6.00. The van der Waals surface area contributed by atoms with Crippen LogP contribution in [0, 0.1) is 6.92 Å². The Morgan fingerprint density at radius 3 is 2.71 bits per heavy atom. The van der Waals surface area contributed by atoms with Crippen LogP contribution >= 0.6 is 11.3 Å². The van der Waals surface area contributed by atoms with Crippen molar-refractivity contribution in [2.45, 2.75) is 19.4 Å². The molecule has 2 aromatic heterocycles. The summed E-state index contributed by atoms with van der Waals surface area (Å²) in [6.07, 6.45) is 1.82. The zero-order valence-electron chi connectivity index (χ0n) is 12.0. The van der Waals surface area contributed by atoms with Gasteiger partial charge in [0, 0.05) is 36.2 Å². The van der Waals surface area contributed by atoms with Crippen LogP contribution in [0.3, 0.4) is 0 Å². The van der Waals surface area contributed by atoms with Crippen molar-refractivity contribution in [3.63, 3.8) is 0 Å². The molecule has 0 radical (unpaired) electrons. The van der Waals surface area contributed by atoms with E-state index in [1.54, 1.807) is 16.0 Å². The molecule has 108 valence electrons. The van der Waals surface area contributed by atoms with Crippen molar-refractivity contribution >= 4 is 11.3 Å². The Labute approximate surface area is 127 Å². The van der Waals surface area contributed by atoms with Gasteiger partial charge in [-0.25, -0.2) is 4.98 Å². The van der Waals surface area contributed by atoms with Crippen molar-refractivity contribution in [3.05, 3.63) is 58.2 Å². The van der Waals surface area contributed by atoms with Gasteiger partial charge in [-0.05, 0) is 6.92 Å². The molecule has 3 aromatic rings. The molecule has 0 aliphatic rings. The summed E-state index contributed by atoms with van der Waals surface area (Å²) in [5.74, 6) is 0. The van der Waals surface area contributed by atoms with E-state index in [0.717, 1.165) is 27.5 Å². The average molecular weight is 299 g/mol. The Morgan fingerprint density at radius 2 is 2.05 bits per heavy atom. The third-order valence-electron chi connectivity index (χ3n) is 3.40. The molecule has 0 saturated carbocycles. The van der Waals surface area contributed by atoms with Crippen LogP contribution in [0.2, 0.25) is 0 Å². The molecule has 0 fully saturated rings. The molecule has 1 atom stereocenters. The zero-order valence-corrected chi connectivity index (χ0v) is 12.8. The quantitative estimate of drug-likeness (QED) is 0.805. The number of rotatable bonds is 4. The number of aliphatic hydroxyl groups is 1. The van der Waals surface area contributed by atoms with E-state index in [9.17, 15) is 5.11 Å². The summed E-state index contributed by atoms with van der Waals surface area (Å²) in [6, 6.07) is 10.1. The van der Waals surface area contributed by atoms with Crippen LogP contribution in [0.1, 0.15) is 22.4 Å². The van der Waals surface area contributed by atoms with Crippen molar-refractivity contribution in [1.82, 2.24) is 14.8 Å². The molecule has 0 amide bonds. The molecular formula is C16H17N3OS. The van der Waals surface area contributed by atoms with E-state index in [0.29, 0.717) is 6.42 Å². The van der Waals surface area contributed by atoms with Gasteiger partial charge >= 0.3 is 0 Å². The largest absolute Gasteiger partial charge is 0.388 e. The molecule has 1 unspecified atom stereocenters. The van der Waals surface area contributed by atoms with Gasteiger partial charge in [-0.1, -0.05) is 30.3 Å². The maximum Gasteiger partial charge on any atom is 0.0961 e. The first-order chi connectivity index (χ1) is 10.1. The second kappa shape index (κ2) is 5.79. The summed E-state index contributed by atoms with van der Waals surface area (Å²) in [7, 11) is 1.86. The van der Waals surface area contributed by atoms with E-state index in [-0.39, 0.29) is 0 Å². The lowest BCUT2D eigenvalue weighted by atomic mass is 10.1. The normalized spacial score (nSPS) is 12.5. The van der Waals surface area contributed by atoms with Gasteiger partial charge < -0.3 is 5.11 Å². The Morgan fingerprint density at radius 1 is 1.29 bits per heavy atom. The van der Waals surface area contributed by atoms with E-state index in [2.05, 4.69) is 10.1 Å². The van der Waals surface area contributed by atoms with Gasteiger partial charge in [-0.15, -0.1) is 11.3 Å². The Balaban J connectivity index is 1.77. The molecule has 0 aliphatic carbocycles. The maximum absolute atomic E-state index is 10.4. The first kappa shape index (κ1) is 14.0. The van der Waals surface area contributed by atoms with Crippen molar-refractivity contribution in [2.24, 2.45) is 7.05 Å². The van der Waals surface area contributed by atoms with Gasteiger partial charge in [0.2, 0.25) is 0 Å². The lowest BCUT2D eigenvalue weighted by Gasteiger charge is -2.06. The number of benzene rings is 1. The third kappa shape index (κ3) is 3.04. The van der Waals surface area contributed by atoms with Crippen molar-refractivity contribution < 1.29 is 5.11 Å². The highest BCUT2D eigenvalue weighted by Gasteiger charge is 2.16. The van der Waals surface area contributed by atoms with Crippen LogP contribution in [-0.2, 0) is 13.5 Å². The second-order valence-electron chi connectivity index (χ2n) is 5.06. The Hall–Kier alpha value is -1.98. The SMILES string of the molecule is Cc1nn(C)cc1C(O)Cc1nc(-c2ccccc2)cs1. The first-order valence-electron chi connectivity index (χ1n) is 6.81. The standard InChI is InChI=1S/C16H17N3OS/c1-11-13(9-19(2)18-11)15(20)8-16-17-14(10-21-16)12-6-4-3-5-7-12/h3-7,9-10,15,20H,8H2,1-2H3. The van der Waals surface area contributed by atoms with Crippen molar-refractivity contribution in [2.75, 3.05) is 0 Å². The fraction of sp³-hybridized carbons (Fsp3) is 0.250. The number of aromatic nitrogens is 3. The van der Waals surface area contributed by atoms with Crippen LogP contribution in [0.15, 0.2) is 41.9 Å². The van der Waals surface area contributed by atoms with Gasteiger partial charge in [0.1, 0.15) is 0 Å². The minimum Gasteiger partial charge on any atom is -0.388 e. The molecule has 0 bridgehead atoms. The predicted molar refractivity (Wildman–Crippen MR) is 84.2 cm³/mol. The van der Waals surface area contributed by atoms with Crippen molar-refractivity contribution in [3.8, 4) is 11.3 Å². The van der Waals surface area contributed by atoms with Gasteiger partial charge in [-0.2, -0.15) is 5.10 Å². The Kier molecular flexibility index (Phi) is 3.86. The highest BCUT2D eigenvalue weighted by atomic mass is 32.1. The molecule has 5 heteroatoms. The molecule has 3 rings (SSSR count). The smallest absolute Gasteiger partial charge is 0.0961 e. The molecule has 2 heterocycles. The Bertz CT molecular complexity index is 733. The highest BCUT2D eigenvalue weighted by Crippen LogP contribution is 2.26. The fourth-order valence-electron chi connectivity index (χ4n) is 2.37. The maximum atomic E-state index is 10.4. The number of hydrogen-bond donors (Lipinski definition) is 1. The molecule has 0 spiro atoms. The predicted octanol–water partition coefficient (Wildman–Crippen LogP) is 3.13. The van der Waals surface area contributed by atoms with Crippen LogP contribution in [-0.4, -0.2) is 19.9 Å². The fourth-order valence-corrected chi connectivity index (χ4v) is 3.21. The van der Waals surface area contributed by atoms with Crippen LogP contribution in [0.5, 0.6) is 0 Å². The van der Waals surface area contributed by atoms with Gasteiger partial charge in [-0.3, -0.25) is 4.68 Å².